The van der Waals surface area contributed by atoms with Gasteiger partial charge in [0.1, 0.15) is 5.69 Å². The van der Waals surface area contributed by atoms with Crippen LogP contribution in [0.5, 0.6) is 0 Å². The van der Waals surface area contributed by atoms with Crippen molar-refractivity contribution < 1.29 is 18.0 Å². The molecule has 7 nitrogen and oxygen atoms in total. The van der Waals surface area contributed by atoms with E-state index in [9.17, 15) is 18.0 Å². The molecule has 2 atom stereocenters. The Morgan fingerprint density at radius 1 is 1.22 bits per heavy atom. The second kappa shape index (κ2) is 8.22. The number of carbonyl (C=O) groups excluding carboxylic acids is 1. The number of fused-ring (bicyclic) bond motifs is 1. The summed E-state index contributed by atoms with van der Waals surface area (Å²) in [6, 6.07) is 4.10. The lowest BCUT2D eigenvalue weighted by atomic mass is 10.1. The van der Waals surface area contributed by atoms with Crippen LogP contribution in [-0.4, -0.2) is 41.7 Å². The van der Waals surface area contributed by atoms with Gasteiger partial charge in [-0.05, 0) is 52.2 Å². The van der Waals surface area contributed by atoms with Gasteiger partial charge in [0.15, 0.2) is 5.65 Å². The van der Waals surface area contributed by atoms with Gasteiger partial charge >= 0.3 is 6.18 Å². The van der Waals surface area contributed by atoms with Gasteiger partial charge in [0.05, 0.1) is 23.5 Å². The smallest absolute Gasteiger partial charge is 0.334 e. The van der Waals surface area contributed by atoms with Crippen molar-refractivity contribution in [2.45, 2.75) is 71.6 Å². The zero-order valence-electron chi connectivity index (χ0n) is 18.6. The predicted molar refractivity (Wildman–Crippen MR) is 112 cm³/mol. The van der Waals surface area contributed by atoms with E-state index in [1.54, 1.807) is 17.9 Å². The molecule has 4 rings (SSSR count). The number of alkyl halides is 3. The fourth-order valence-electron chi connectivity index (χ4n) is 4.51. The van der Waals surface area contributed by atoms with Gasteiger partial charge in [0, 0.05) is 30.4 Å². The van der Waals surface area contributed by atoms with Crippen molar-refractivity contribution in [3.05, 3.63) is 46.7 Å². The number of halogens is 3. The van der Waals surface area contributed by atoms with Crippen molar-refractivity contribution in [2.24, 2.45) is 0 Å². The molecule has 0 N–H and O–H groups in total. The molecule has 4 heterocycles. The van der Waals surface area contributed by atoms with Crippen molar-refractivity contribution >= 4 is 11.6 Å². The summed E-state index contributed by atoms with van der Waals surface area (Å²) < 4.78 is 43.5. The molecule has 0 saturated carbocycles. The molecule has 0 radical (unpaired) electrons. The van der Waals surface area contributed by atoms with E-state index >= 15 is 0 Å². The minimum atomic E-state index is -4.55. The van der Waals surface area contributed by atoms with Gasteiger partial charge in [0.25, 0.3) is 0 Å². The lowest BCUT2D eigenvalue weighted by Crippen LogP contribution is -2.32. The number of nitrogens with zero attached hydrogens (tertiary/aromatic N) is 6. The zero-order chi connectivity index (χ0) is 23.2. The number of likely N-dealkylation sites (tertiary alicyclic amines) is 1. The lowest BCUT2D eigenvalue weighted by Gasteiger charge is -2.25. The van der Waals surface area contributed by atoms with Crippen LogP contribution >= 0.6 is 0 Å². The molecule has 0 aromatic carbocycles. The van der Waals surface area contributed by atoms with E-state index in [2.05, 4.69) is 15.2 Å². The summed E-state index contributed by atoms with van der Waals surface area (Å²) in [6.45, 7) is 8.12. The Bertz CT molecular complexity index is 1150. The first-order chi connectivity index (χ1) is 15.1. The van der Waals surface area contributed by atoms with Gasteiger partial charge in [-0.15, -0.1) is 0 Å². The van der Waals surface area contributed by atoms with Crippen molar-refractivity contribution in [3.63, 3.8) is 0 Å². The summed E-state index contributed by atoms with van der Waals surface area (Å²) in [6.07, 6.45) is -2.46. The second-order valence-electron chi connectivity index (χ2n) is 8.49. The van der Waals surface area contributed by atoms with Crippen molar-refractivity contribution in [1.29, 1.82) is 0 Å². The highest BCUT2D eigenvalue weighted by Crippen LogP contribution is 2.35. The third-order valence-corrected chi connectivity index (χ3v) is 6.00. The summed E-state index contributed by atoms with van der Waals surface area (Å²) >= 11 is 0. The number of hydrogen-bond donors (Lipinski definition) is 0. The normalized spacial score (nSPS) is 18.0. The number of hydrogen-bond acceptors (Lipinski definition) is 4. The van der Waals surface area contributed by atoms with E-state index in [1.807, 2.05) is 31.5 Å². The molecule has 32 heavy (non-hydrogen) atoms. The lowest BCUT2D eigenvalue weighted by molar-refractivity contribution is -0.142. The number of amides is 1. The molecule has 3 aromatic heterocycles. The van der Waals surface area contributed by atoms with Crippen LogP contribution in [0.4, 0.5) is 13.2 Å². The first-order valence-electron chi connectivity index (χ1n) is 10.9. The highest BCUT2D eigenvalue weighted by Gasteiger charge is 2.37. The number of aromatic nitrogens is 5. The molecule has 1 saturated heterocycles. The summed E-state index contributed by atoms with van der Waals surface area (Å²) in [4.78, 5) is 19.2. The van der Waals surface area contributed by atoms with Crippen LogP contribution < -0.4 is 0 Å². The van der Waals surface area contributed by atoms with Crippen molar-refractivity contribution in [1.82, 2.24) is 29.3 Å². The molecule has 10 heteroatoms. The molecule has 1 aliphatic rings. The van der Waals surface area contributed by atoms with Gasteiger partial charge in [-0.1, -0.05) is 6.92 Å². The summed E-state index contributed by atoms with van der Waals surface area (Å²) in [7, 11) is 0. The standard InChI is InChI=1S/C22H27F3N6O/c1-5-16-11-19(22(23,24)25)31-20(26-16)12-17(28-31)18-7-6-8-29(18)21(32)10-15(4)30-14(3)9-13(2)27-30/h9,11-12,15,18H,5-8,10H2,1-4H3/t15-,18+/m1/s1. The molecule has 1 fully saturated rings. The van der Waals surface area contributed by atoms with E-state index in [0.717, 1.165) is 28.4 Å². The van der Waals surface area contributed by atoms with Gasteiger partial charge in [0.2, 0.25) is 5.91 Å². The minimum Gasteiger partial charge on any atom is -0.334 e. The second-order valence-corrected chi connectivity index (χ2v) is 8.49. The van der Waals surface area contributed by atoms with Crippen LogP contribution in [0.2, 0.25) is 0 Å². The Balaban J connectivity index is 1.61. The first kappa shape index (κ1) is 22.3. The van der Waals surface area contributed by atoms with Crippen LogP contribution in [0, 0.1) is 13.8 Å². The molecular weight excluding hydrogens is 421 g/mol. The highest BCUT2D eigenvalue weighted by molar-refractivity contribution is 5.77. The van der Waals surface area contributed by atoms with Crippen LogP contribution in [0.25, 0.3) is 5.65 Å². The molecule has 0 unspecified atom stereocenters. The monoisotopic (exact) mass is 448 g/mol. The topological polar surface area (TPSA) is 68.3 Å². The maximum atomic E-state index is 13.6. The van der Waals surface area contributed by atoms with E-state index in [-0.39, 0.29) is 30.1 Å². The largest absolute Gasteiger partial charge is 0.433 e. The molecule has 0 spiro atoms. The van der Waals surface area contributed by atoms with Crippen LogP contribution in [0.1, 0.15) is 73.7 Å². The van der Waals surface area contributed by atoms with E-state index in [0.29, 0.717) is 30.8 Å². The molecule has 1 amide bonds. The summed E-state index contributed by atoms with van der Waals surface area (Å²) in [5.41, 5.74) is 1.99. The molecule has 172 valence electrons. The Morgan fingerprint density at radius 3 is 2.59 bits per heavy atom. The Hall–Kier alpha value is -2.91. The fourth-order valence-corrected chi connectivity index (χ4v) is 4.51. The highest BCUT2D eigenvalue weighted by atomic mass is 19.4. The molecule has 1 aliphatic heterocycles. The zero-order valence-corrected chi connectivity index (χ0v) is 18.6. The number of aryl methyl sites for hydroxylation is 3. The van der Waals surface area contributed by atoms with Crippen molar-refractivity contribution in [3.8, 4) is 0 Å². The van der Waals surface area contributed by atoms with Gasteiger partial charge in [-0.25, -0.2) is 9.50 Å². The molecule has 0 aliphatic carbocycles. The summed E-state index contributed by atoms with van der Waals surface area (Å²) in [5, 5.41) is 8.71. The Labute approximate surface area is 184 Å². The molecular formula is C22H27F3N6O. The van der Waals surface area contributed by atoms with Gasteiger partial charge in [-0.2, -0.15) is 23.4 Å². The Kier molecular flexibility index (Phi) is 5.72. The maximum absolute atomic E-state index is 13.6. The van der Waals surface area contributed by atoms with E-state index in [4.69, 9.17) is 0 Å². The summed E-state index contributed by atoms with van der Waals surface area (Å²) in [5.74, 6) is -0.0529. The van der Waals surface area contributed by atoms with Crippen LogP contribution in [0.15, 0.2) is 18.2 Å². The fraction of sp³-hybridized carbons (Fsp3) is 0.545. The number of carbonyl (C=O) groups is 1. The van der Waals surface area contributed by atoms with Crippen LogP contribution in [0.3, 0.4) is 0 Å². The van der Waals surface area contributed by atoms with E-state index < -0.39 is 11.9 Å². The van der Waals surface area contributed by atoms with Gasteiger partial charge < -0.3 is 4.90 Å². The maximum Gasteiger partial charge on any atom is 0.433 e. The average molecular weight is 448 g/mol. The average Bonchev–Trinajstić information content (AvgIpc) is 3.43. The van der Waals surface area contributed by atoms with Crippen LogP contribution in [-0.2, 0) is 17.4 Å². The predicted octanol–water partition coefficient (Wildman–Crippen LogP) is 4.44. The SMILES string of the molecule is CCc1cc(C(F)(F)F)n2nc([C@@H]3CCCN3C(=O)C[C@@H](C)n3nc(C)cc3C)cc2n1. The first-order valence-corrected chi connectivity index (χ1v) is 10.9. The third-order valence-electron chi connectivity index (χ3n) is 6.00. The molecule has 3 aromatic rings. The Morgan fingerprint density at radius 2 is 1.97 bits per heavy atom. The van der Waals surface area contributed by atoms with Crippen molar-refractivity contribution in [2.75, 3.05) is 6.54 Å². The minimum absolute atomic E-state index is 0.0529. The quantitative estimate of drug-likeness (QED) is 0.579. The molecule has 0 bridgehead atoms. The van der Waals surface area contributed by atoms with Gasteiger partial charge in [-0.3, -0.25) is 9.48 Å². The third kappa shape index (κ3) is 4.10. The number of rotatable bonds is 5. The van der Waals surface area contributed by atoms with E-state index in [1.165, 1.54) is 0 Å².